The maximum Gasteiger partial charge on any atom is 0.304 e. The Hall–Kier alpha value is -3.64. The molecule has 2 N–H and O–H groups in total. The summed E-state index contributed by atoms with van der Waals surface area (Å²) >= 11 is 5.92. The summed E-state index contributed by atoms with van der Waals surface area (Å²) < 4.78 is 7.14. The van der Waals surface area contributed by atoms with E-state index in [0.29, 0.717) is 16.3 Å². The number of hydrazone groups is 1. The van der Waals surface area contributed by atoms with Gasteiger partial charge in [-0.15, -0.1) is 10.1 Å². The Morgan fingerprint density at radius 1 is 1.03 bits per heavy atom. The minimum absolute atomic E-state index is 0.303. The fourth-order valence-electron chi connectivity index (χ4n) is 3.58. The number of hydrogen-bond donors (Lipinski definition) is 2. The number of halogens is 1. The Labute approximate surface area is 185 Å². The van der Waals surface area contributed by atoms with E-state index in [1.165, 1.54) is 0 Å². The van der Waals surface area contributed by atoms with Crippen LogP contribution in [0.4, 0.5) is 0 Å². The van der Waals surface area contributed by atoms with E-state index in [2.05, 4.69) is 10.7 Å². The van der Waals surface area contributed by atoms with Crippen molar-refractivity contribution in [2.75, 3.05) is 7.11 Å². The summed E-state index contributed by atoms with van der Waals surface area (Å²) in [7, 11) is 1.60. The monoisotopic (exact) mass is 434 g/mol. The lowest BCUT2D eigenvalue weighted by Gasteiger charge is -2.15. The molecule has 1 aliphatic heterocycles. The van der Waals surface area contributed by atoms with E-state index in [0.717, 1.165) is 11.1 Å². The van der Waals surface area contributed by atoms with E-state index >= 15 is 0 Å². The summed E-state index contributed by atoms with van der Waals surface area (Å²) in [6.07, 6.45) is 1.81. The molecule has 3 aromatic rings. The van der Waals surface area contributed by atoms with Crippen LogP contribution in [0, 0.1) is 0 Å². The lowest BCUT2D eigenvalue weighted by Crippen LogP contribution is -2.42. The topological polar surface area (TPSA) is 70.4 Å². The lowest BCUT2D eigenvalue weighted by atomic mass is 10.00. The van der Waals surface area contributed by atoms with E-state index in [9.17, 15) is 9.59 Å². The van der Waals surface area contributed by atoms with Crippen molar-refractivity contribution in [1.82, 2.24) is 10.7 Å². The normalized spacial score (nSPS) is 19.2. The first-order valence-electron chi connectivity index (χ1n) is 9.75. The van der Waals surface area contributed by atoms with Crippen LogP contribution >= 0.6 is 11.6 Å². The van der Waals surface area contributed by atoms with Crippen LogP contribution in [0.1, 0.15) is 27.5 Å². The number of hydrazine groups is 1. The van der Waals surface area contributed by atoms with Crippen molar-refractivity contribution in [3.05, 3.63) is 101 Å². The largest absolute Gasteiger partial charge is 0.496 e. The Bertz CT molecular complexity index is 1130. The molecule has 1 saturated heterocycles. The quantitative estimate of drug-likeness (QED) is 0.605. The number of benzene rings is 3. The van der Waals surface area contributed by atoms with Crippen molar-refractivity contribution in [3.8, 4) is 5.75 Å². The van der Waals surface area contributed by atoms with Crippen molar-refractivity contribution in [2.45, 2.75) is 12.1 Å². The summed E-state index contributed by atoms with van der Waals surface area (Å²) in [5, 5.41) is 3.41. The van der Waals surface area contributed by atoms with Crippen LogP contribution in [-0.2, 0) is 4.79 Å². The number of para-hydroxylation sites is 1. The van der Waals surface area contributed by atoms with Gasteiger partial charge in [0, 0.05) is 16.1 Å². The van der Waals surface area contributed by atoms with Crippen LogP contribution in [0.25, 0.3) is 0 Å². The molecule has 0 saturated carbocycles. The van der Waals surface area contributed by atoms with Gasteiger partial charge >= 0.3 is 5.91 Å². The van der Waals surface area contributed by atoms with Crippen LogP contribution in [0.3, 0.4) is 0 Å². The minimum atomic E-state index is -0.795. The van der Waals surface area contributed by atoms with E-state index in [1.807, 2.05) is 60.8 Å². The molecule has 0 aromatic heterocycles. The number of rotatable bonds is 5. The maximum atomic E-state index is 12.9. The standard InChI is InChI=1S/C24H20ClN3O3/c1-31-20-10-6-5-9-18(20)15-28-22(16-7-3-2-4-8-16)21(24(30)27-28)26-23(29)17-11-13-19(25)14-12-17/h2-15,21-22H,1H3,(H-,26,27,29,30)/p+1/b28-15-/t21-,22-/m1/s1. The smallest absolute Gasteiger partial charge is 0.304 e. The van der Waals surface area contributed by atoms with Crippen molar-refractivity contribution >= 4 is 29.6 Å². The zero-order valence-electron chi connectivity index (χ0n) is 16.8. The van der Waals surface area contributed by atoms with E-state index in [-0.39, 0.29) is 11.8 Å². The molecule has 1 fully saturated rings. The highest BCUT2D eigenvalue weighted by atomic mass is 35.5. The summed E-state index contributed by atoms with van der Waals surface area (Å²) in [4.78, 5) is 25.7. The molecule has 7 heteroatoms. The van der Waals surface area contributed by atoms with Crippen molar-refractivity contribution < 1.29 is 19.0 Å². The molecule has 1 heterocycles. The van der Waals surface area contributed by atoms with Crippen LogP contribution in [-0.4, -0.2) is 35.9 Å². The van der Waals surface area contributed by atoms with Gasteiger partial charge < -0.3 is 10.1 Å². The summed E-state index contributed by atoms with van der Waals surface area (Å²) in [5.41, 5.74) is 4.98. The number of amides is 2. The van der Waals surface area contributed by atoms with Gasteiger partial charge in [-0.2, -0.15) is 0 Å². The molecule has 0 spiro atoms. The van der Waals surface area contributed by atoms with Crippen LogP contribution < -0.4 is 15.5 Å². The van der Waals surface area contributed by atoms with Gasteiger partial charge in [0.2, 0.25) is 12.3 Å². The third-order valence-electron chi connectivity index (χ3n) is 5.09. The number of methoxy groups -OCH3 is 1. The Morgan fingerprint density at radius 3 is 2.42 bits per heavy atom. The lowest BCUT2D eigenvalue weighted by molar-refractivity contribution is -0.596. The second kappa shape index (κ2) is 9.02. The number of carbonyl (C=O) groups is 2. The average molecular weight is 435 g/mol. The van der Waals surface area contributed by atoms with Crippen LogP contribution in [0.5, 0.6) is 5.75 Å². The average Bonchev–Trinajstić information content (AvgIpc) is 3.09. The molecule has 6 nitrogen and oxygen atoms in total. The third kappa shape index (κ3) is 4.44. The zero-order valence-corrected chi connectivity index (χ0v) is 17.5. The number of nitrogens with zero attached hydrogens (tertiary/aromatic N) is 1. The molecule has 4 rings (SSSR count). The van der Waals surface area contributed by atoms with Crippen LogP contribution in [0.2, 0.25) is 5.02 Å². The molecule has 1 aliphatic rings. The van der Waals surface area contributed by atoms with Gasteiger partial charge in [0.1, 0.15) is 5.75 Å². The van der Waals surface area contributed by atoms with E-state index in [1.54, 1.807) is 36.1 Å². The molecule has 3 aromatic carbocycles. The van der Waals surface area contributed by atoms with Gasteiger partial charge in [-0.1, -0.05) is 54.1 Å². The van der Waals surface area contributed by atoms with Crippen molar-refractivity contribution in [3.63, 3.8) is 0 Å². The highest BCUT2D eigenvalue weighted by Crippen LogP contribution is 2.26. The molecule has 2 atom stereocenters. The maximum absolute atomic E-state index is 12.9. The van der Waals surface area contributed by atoms with Gasteiger partial charge in [-0.05, 0) is 36.4 Å². The van der Waals surface area contributed by atoms with Crippen LogP contribution in [0.15, 0.2) is 78.9 Å². The number of nitrogens with one attached hydrogen (secondary N) is 2. The third-order valence-corrected chi connectivity index (χ3v) is 5.34. The van der Waals surface area contributed by atoms with E-state index in [4.69, 9.17) is 16.3 Å². The van der Waals surface area contributed by atoms with Crippen molar-refractivity contribution in [2.24, 2.45) is 0 Å². The highest BCUT2D eigenvalue weighted by Gasteiger charge is 2.47. The van der Waals surface area contributed by atoms with Gasteiger partial charge in [-0.25, -0.2) is 0 Å². The Kier molecular flexibility index (Phi) is 6.00. The summed E-state index contributed by atoms with van der Waals surface area (Å²) in [6.45, 7) is 0. The first-order chi connectivity index (χ1) is 15.1. The molecule has 2 amide bonds. The molecular formula is C24H21ClN3O3+. The van der Waals surface area contributed by atoms with Gasteiger partial charge in [-0.3, -0.25) is 9.59 Å². The summed E-state index contributed by atoms with van der Waals surface area (Å²) in [5.74, 6) is 0.0245. The SMILES string of the molecule is COc1ccccc1/C=[N+]1\NC(=O)[C@H](NC(=O)c2ccc(Cl)cc2)[C@H]1c1ccccc1. The second-order valence-electron chi connectivity index (χ2n) is 7.07. The number of hydrogen-bond acceptors (Lipinski definition) is 3. The minimum Gasteiger partial charge on any atom is -0.496 e. The predicted octanol–water partition coefficient (Wildman–Crippen LogP) is 3.36. The second-order valence-corrected chi connectivity index (χ2v) is 7.50. The first-order valence-corrected chi connectivity index (χ1v) is 10.1. The first kappa shape index (κ1) is 20.6. The Morgan fingerprint density at radius 2 is 1.71 bits per heavy atom. The molecule has 156 valence electrons. The van der Waals surface area contributed by atoms with E-state index < -0.39 is 12.1 Å². The highest BCUT2D eigenvalue weighted by molar-refractivity contribution is 6.30. The molecule has 0 bridgehead atoms. The summed E-state index contributed by atoms with van der Waals surface area (Å²) in [6, 6.07) is 22.4. The molecular weight excluding hydrogens is 414 g/mol. The fraction of sp³-hybridized carbons (Fsp3) is 0.125. The number of ether oxygens (including phenoxy) is 1. The molecule has 0 unspecified atom stereocenters. The van der Waals surface area contributed by atoms with Crippen molar-refractivity contribution in [1.29, 1.82) is 0 Å². The fourth-order valence-corrected chi connectivity index (χ4v) is 3.71. The molecule has 31 heavy (non-hydrogen) atoms. The molecule has 0 radical (unpaired) electrons. The molecule has 0 aliphatic carbocycles. The predicted molar refractivity (Wildman–Crippen MR) is 118 cm³/mol. The van der Waals surface area contributed by atoms with Gasteiger partial charge in [0.25, 0.3) is 5.91 Å². The Balaban J connectivity index is 1.71. The van der Waals surface area contributed by atoms with Gasteiger partial charge in [0.15, 0.2) is 6.04 Å². The van der Waals surface area contributed by atoms with Gasteiger partial charge in [0.05, 0.1) is 12.7 Å². The zero-order chi connectivity index (χ0) is 21.8. The number of carbonyl (C=O) groups excluding carboxylic acids is 2.